The highest BCUT2D eigenvalue weighted by molar-refractivity contribution is 7.80. The number of nitrogens with one attached hydrogen (secondary N) is 2. The van der Waals surface area contributed by atoms with Gasteiger partial charge in [0.05, 0.1) is 19.3 Å². The van der Waals surface area contributed by atoms with Gasteiger partial charge in [-0.05, 0) is 37.2 Å². The molecule has 0 aromatic heterocycles. The van der Waals surface area contributed by atoms with E-state index >= 15 is 0 Å². The maximum absolute atomic E-state index is 13.1. The second-order valence-electron chi connectivity index (χ2n) is 6.38. The predicted octanol–water partition coefficient (Wildman–Crippen LogP) is 1.81. The number of benzene rings is 1. The highest BCUT2D eigenvalue weighted by Crippen LogP contribution is 2.33. The molecule has 6 heteroatoms. The molecule has 1 aromatic carbocycles. The fourth-order valence-electron chi connectivity index (χ4n) is 3.31. The van der Waals surface area contributed by atoms with E-state index in [2.05, 4.69) is 49.3 Å². The molecule has 2 atom stereocenters. The van der Waals surface area contributed by atoms with Gasteiger partial charge in [-0.15, -0.1) is 0 Å². The number of nitrogens with zero attached hydrogens (tertiary/aromatic N) is 1. The van der Waals surface area contributed by atoms with Crippen LogP contribution in [0, 0.1) is 19.8 Å². The van der Waals surface area contributed by atoms with Crippen LogP contribution in [-0.4, -0.2) is 42.2 Å². The Labute approximate surface area is 148 Å². The molecule has 24 heavy (non-hydrogen) atoms. The molecular formula is C18H23N3O2S. The number of hydrogen-bond acceptors (Lipinski definition) is 3. The van der Waals surface area contributed by atoms with Gasteiger partial charge >= 0.3 is 0 Å². The number of thiocarbonyl (C=S) groups is 1. The molecule has 2 aliphatic rings. The lowest BCUT2D eigenvalue weighted by molar-refractivity contribution is -0.139. The van der Waals surface area contributed by atoms with E-state index in [9.17, 15) is 4.79 Å². The van der Waals surface area contributed by atoms with E-state index in [0.717, 1.165) is 16.7 Å². The lowest BCUT2D eigenvalue weighted by Gasteiger charge is -2.39. The molecule has 0 radical (unpaired) electrons. The topological polar surface area (TPSA) is 53.6 Å². The normalized spacial score (nSPS) is 24.3. The van der Waals surface area contributed by atoms with E-state index in [-0.39, 0.29) is 11.9 Å². The summed E-state index contributed by atoms with van der Waals surface area (Å²) in [6.07, 6.45) is 0. The highest BCUT2D eigenvalue weighted by Gasteiger charge is 2.39. The van der Waals surface area contributed by atoms with Crippen LogP contribution in [0.3, 0.4) is 0 Å². The molecule has 0 bridgehead atoms. The van der Waals surface area contributed by atoms with Crippen molar-refractivity contribution in [3.8, 4) is 0 Å². The van der Waals surface area contributed by atoms with Crippen LogP contribution in [0.15, 0.2) is 30.5 Å². The number of carbonyl (C=O) groups excluding carboxylic acids is 1. The molecule has 2 aliphatic heterocycles. The van der Waals surface area contributed by atoms with Gasteiger partial charge in [0.1, 0.15) is 5.92 Å². The minimum Gasteiger partial charge on any atom is -0.378 e. The lowest BCUT2D eigenvalue weighted by Crippen LogP contribution is -2.55. The molecule has 2 fully saturated rings. The van der Waals surface area contributed by atoms with Gasteiger partial charge in [0, 0.05) is 18.8 Å². The van der Waals surface area contributed by atoms with E-state index in [1.165, 1.54) is 0 Å². The molecule has 1 amide bonds. The zero-order valence-corrected chi connectivity index (χ0v) is 14.9. The van der Waals surface area contributed by atoms with Crippen LogP contribution in [0.25, 0.3) is 0 Å². The van der Waals surface area contributed by atoms with Crippen molar-refractivity contribution in [2.45, 2.75) is 19.9 Å². The van der Waals surface area contributed by atoms with E-state index in [1.807, 2.05) is 4.90 Å². The summed E-state index contributed by atoms with van der Waals surface area (Å²) in [6, 6.07) is 6.07. The Kier molecular flexibility index (Phi) is 4.87. The molecule has 1 aromatic rings. The van der Waals surface area contributed by atoms with E-state index in [4.69, 9.17) is 17.0 Å². The Morgan fingerprint density at radius 3 is 2.75 bits per heavy atom. The molecule has 3 rings (SSSR count). The van der Waals surface area contributed by atoms with Gasteiger partial charge in [-0.1, -0.05) is 30.3 Å². The highest BCUT2D eigenvalue weighted by atomic mass is 32.1. The minimum absolute atomic E-state index is 0.0664. The Morgan fingerprint density at radius 1 is 1.33 bits per heavy atom. The van der Waals surface area contributed by atoms with Gasteiger partial charge in [-0.2, -0.15) is 0 Å². The Morgan fingerprint density at radius 2 is 2.04 bits per heavy atom. The number of ether oxygens (including phenoxy) is 1. The molecule has 5 nitrogen and oxygen atoms in total. The van der Waals surface area contributed by atoms with Gasteiger partial charge in [-0.3, -0.25) is 4.79 Å². The number of hydrogen-bond donors (Lipinski definition) is 2. The average Bonchev–Trinajstić information content (AvgIpc) is 2.56. The van der Waals surface area contributed by atoms with Crippen LogP contribution >= 0.6 is 12.2 Å². The molecule has 0 spiro atoms. The van der Waals surface area contributed by atoms with Crippen LogP contribution in [0.4, 0.5) is 0 Å². The van der Waals surface area contributed by atoms with Gasteiger partial charge in [0.15, 0.2) is 5.11 Å². The molecule has 0 aliphatic carbocycles. The molecule has 0 saturated carbocycles. The van der Waals surface area contributed by atoms with Crippen LogP contribution < -0.4 is 10.6 Å². The first kappa shape index (κ1) is 16.9. The van der Waals surface area contributed by atoms with Crippen molar-refractivity contribution < 1.29 is 9.53 Å². The third-order valence-electron chi connectivity index (χ3n) is 4.63. The Bertz CT molecular complexity index is 683. The average molecular weight is 345 g/mol. The Hall–Kier alpha value is -1.92. The SMILES string of the molecule is C=C1NC(=S)N[C@@H](c2cc(C)ccc2C)[C@@H]1C(=O)N1CCOCC1. The van der Waals surface area contributed by atoms with Crippen LogP contribution in [0.1, 0.15) is 22.7 Å². The summed E-state index contributed by atoms with van der Waals surface area (Å²) in [5.41, 5.74) is 4.04. The monoisotopic (exact) mass is 345 g/mol. The van der Waals surface area contributed by atoms with E-state index in [0.29, 0.717) is 37.1 Å². The summed E-state index contributed by atoms with van der Waals surface area (Å²) in [7, 11) is 0. The molecular weight excluding hydrogens is 322 g/mol. The maximum atomic E-state index is 13.1. The first-order valence-corrected chi connectivity index (χ1v) is 8.58. The number of carbonyl (C=O) groups is 1. The first-order valence-electron chi connectivity index (χ1n) is 8.17. The zero-order valence-electron chi connectivity index (χ0n) is 14.1. The van der Waals surface area contributed by atoms with Gasteiger partial charge in [-0.25, -0.2) is 0 Å². The van der Waals surface area contributed by atoms with Crippen LogP contribution in [-0.2, 0) is 9.53 Å². The summed E-state index contributed by atoms with van der Waals surface area (Å²) < 4.78 is 5.36. The molecule has 0 unspecified atom stereocenters. The van der Waals surface area contributed by atoms with E-state index in [1.54, 1.807) is 0 Å². The van der Waals surface area contributed by atoms with E-state index < -0.39 is 5.92 Å². The predicted molar refractivity (Wildman–Crippen MR) is 97.6 cm³/mol. The summed E-state index contributed by atoms with van der Waals surface area (Å²) in [4.78, 5) is 15.0. The lowest BCUT2D eigenvalue weighted by atomic mass is 9.85. The van der Waals surface area contributed by atoms with Crippen molar-refractivity contribution in [1.29, 1.82) is 0 Å². The number of amides is 1. The summed E-state index contributed by atoms with van der Waals surface area (Å²) in [5.74, 6) is -0.327. The third kappa shape index (κ3) is 3.30. The standard InChI is InChI=1S/C18H23N3O2S/c1-11-4-5-12(2)14(10-11)16-15(13(3)19-18(24)20-16)17(22)21-6-8-23-9-7-21/h4-5,10,15-16H,3,6-9H2,1-2H3,(H2,19,20,24)/t15-,16+/m1/s1. The summed E-state index contributed by atoms with van der Waals surface area (Å²) in [6.45, 7) is 10.6. The fraction of sp³-hybridized carbons (Fsp3) is 0.444. The molecule has 2 saturated heterocycles. The van der Waals surface area contributed by atoms with Gasteiger partial charge in [0.25, 0.3) is 0 Å². The van der Waals surface area contributed by atoms with Crippen molar-refractivity contribution in [1.82, 2.24) is 15.5 Å². The second-order valence-corrected chi connectivity index (χ2v) is 6.78. The smallest absolute Gasteiger partial charge is 0.234 e. The Balaban J connectivity index is 1.96. The molecule has 2 heterocycles. The zero-order chi connectivity index (χ0) is 17.3. The van der Waals surface area contributed by atoms with Crippen molar-refractivity contribution in [2.24, 2.45) is 5.92 Å². The van der Waals surface area contributed by atoms with Crippen molar-refractivity contribution in [3.05, 3.63) is 47.2 Å². The molecule has 2 N–H and O–H groups in total. The number of morpholine rings is 1. The first-order chi connectivity index (χ1) is 11.5. The van der Waals surface area contributed by atoms with Crippen LogP contribution in [0.5, 0.6) is 0 Å². The van der Waals surface area contributed by atoms with Gasteiger partial charge in [0.2, 0.25) is 5.91 Å². The number of aryl methyl sites for hydroxylation is 2. The second kappa shape index (κ2) is 6.91. The fourth-order valence-corrected chi connectivity index (χ4v) is 3.57. The maximum Gasteiger partial charge on any atom is 0.234 e. The van der Waals surface area contributed by atoms with Crippen molar-refractivity contribution in [3.63, 3.8) is 0 Å². The quantitative estimate of drug-likeness (QED) is 0.801. The van der Waals surface area contributed by atoms with Crippen LogP contribution in [0.2, 0.25) is 0 Å². The van der Waals surface area contributed by atoms with Gasteiger partial charge < -0.3 is 20.3 Å². The number of rotatable bonds is 2. The molecule has 128 valence electrons. The van der Waals surface area contributed by atoms with Crippen molar-refractivity contribution in [2.75, 3.05) is 26.3 Å². The van der Waals surface area contributed by atoms with Crippen molar-refractivity contribution >= 4 is 23.2 Å². The largest absolute Gasteiger partial charge is 0.378 e. The summed E-state index contributed by atoms with van der Waals surface area (Å²) >= 11 is 5.30. The third-order valence-corrected chi connectivity index (χ3v) is 4.85. The minimum atomic E-state index is -0.393. The summed E-state index contributed by atoms with van der Waals surface area (Å²) in [5, 5.41) is 6.82.